The third-order valence-electron chi connectivity index (χ3n) is 3.47. The number of carbonyl (C=O) groups is 1. The lowest BCUT2D eigenvalue weighted by molar-refractivity contribution is 0.0903. The highest BCUT2D eigenvalue weighted by Gasteiger charge is 2.21. The summed E-state index contributed by atoms with van der Waals surface area (Å²) in [6.07, 6.45) is 1.99. The summed E-state index contributed by atoms with van der Waals surface area (Å²) >= 11 is 0. The van der Waals surface area contributed by atoms with Crippen molar-refractivity contribution in [3.05, 3.63) is 42.1 Å². The van der Waals surface area contributed by atoms with Crippen molar-refractivity contribution in [3.8, 4) is 0 Å². The molecule has 0 aliphatic carbocycles. The van der Waals surface area contributed by atoms with Gasteiger partial charge < -0.3 is 10.4 Å². The van der Waals surface area contributed by atoms with Crippen LogP contribution in [0.1, 0.15) is 37.6 Å². The van der Waals surface area contributed by atoms with E-state index in [9.17, 15) is 9.90 Å². The van der Waals surface area contributed by atoms with Gasteiger partial charge in [0, 0.05) is 23.7 Å². The van der Waals surface area contributed by atoms with Crippen LogP contribution in [-0.4, -0.2) is 28.6 Å². The number of aromatic nitrogens is 1. The fraction of sp³-hybridized carbons (Fsp3) is 0.412. The molecule has 1 aromatic carbocycles. The molecular formula is C17H22N2O2. The molecule has 112 valence electrons. The van der Waals surface area contributed by atoms with Crippen LogP contribution in [0, 0.1) is 5.41 Å². The summed E-state index contributed by atoms with van der Waals surface area (Å²) in [4.78, 5) is 16.6. The van der Waals surface area contributed by atoms with E-state index in [-0.39, 0.29) is 17.4 Å². The highest BCUT2D eigenvalue weighted by molar-refractivity contribution is 6.06. The minimum atomic E-state index is -0.376. The summed E-state index contributed by atoms with van der Waals surface area (Å²) in [5.74, 6) is -0.104. The summed E-state index contributed by atoms with van der Waals surface area (Å²) in [6, 6.07) is 9.27. The topological polar surface area (TPSA) is 62.2 Å². The van der Waals surface area contributed by atoms with Gasteiger partial charge in [0.15, 0.2) is 0 Å². The minimum absolute atomic E-state index is 0.104. The van der Waals surface area contributed by atoms with E-state index in [1.54, 1.807) is 19.2 Å². The fourth-order valence-electron chi connectivity index (χ4n) is 2.59. The van der Waals surface area contributed by atoms with E-state index in [4.69, 9.17) is 0 Å². The van der Waals surface area contributed by atoms with Gasteiger partial charge in [0.2, 0.25) is 0 Å². The molecule has 4 nitrogen and oxygen atoms in total. The number of amides is 1. The third kappa shape index (κ3) is 4.02. The molecule has 1 atom stereocenters. The van der Waals surface area contributed by atoms with Gasteiger partial charge in [-0.1, -0.05) is 26.0 Å². The first-order valence-electron chi connectivity index (χ1n) is 7.19. The Labute approximate surface area is 125 Å². The number of pyridine rings is 1. The first-order valence-corrected chi connectivity index (χ1v) is 7.19. The Morgan fingerprint density at radius 2 is 2.10 bits per heavy atom. The Bertz CT molecular complexity index is 630. The maximum atomic E-state index is 12.4. The van der Waals surface area contributed by atoms with Crippen LogP contribution in [0.4, 0.5) is 0 Å². The smallest absolute Gasteiger partial charge is 0.251 e. The second-order valence-electron chi connectivity index (χ2n) is 6.28. The Hall–Kier alpha value is -1.94. The summed E-state index contributed by atoms with van der Waals surface area (Å²) in [5.41, 5.74) is 1.30. The van der Waals surface area contributed by atoms with Crippen LogP contribution in [0.3, 0.4) is 0 Å². The standard InChI is InChI=1S/C17H22N2O2/c1-12(20)10-17(2,3)11-19-16(21)14-6-4-8-15-13(14)7-5-9-18-15/h4-9,12,20H,10-11H2,1-3H3,(H,19,21). The van der Waals surface area contributed by atoms with Crippen LogP contribution in [0.25, 0.3) is 10.9 Å². The molecule has 0 fully saturated rings. The lowest BCUT2D eigenvalue weighted by Gasteiger charge is -2.26. The second kappa shape index (κ2) is 6.22. The SMILES string of the molecule is CC(O)CC(C)(C)CNC(=O)c1cccc2ncccc12. The van der Waals surface area contributed by atoms with Crippen molar-refractivity contribution < 1.29 is 9.90 Å². The lowest BCUT2D eigenvalue weighted by Crippen LogP contribution is -2.35. The van der Waals surface area contributed by atoms with Gasteiger partial charge in [-0.25, -0.2) is 0 Å². The predicted octanol–water partition coefficient (Wildman–Crippen LogP) is 2.76. The van der Waals surface area contributed by atoms with E-state index in [1.807, 2.05) is 38.1 Å². The molecule has 0 radical (unpaired) electrons. The average molecular weight is 286 g/mol. The number of fused-ring (bicyclic) bond motifs is 1. The number of nitrogens with one attached hydrogen (secondary N) is 1. The lowest BCUT2D eigenvalue weighted by atomic mass is 9.87. The normalized spacial score (nSPS) is 13.1. The van der Waals surface area contributed by atoms with Crippen LogP contribution >= 0.6 is 0 Å². The first-order chi connectivity index (χ1) is 9.89. The monoisotopic (exact) mass is 286 g/mol. The molecule has 0 saturated carbocycles. The number of aliphatic hydroxyl groups excluding tert-OH is 1. The molecule has 1 unspecified atom stereocenters. The zero-order valence-corrected chi connectivity index (χ0v) is 12.8. The maximum absolute atomic E-state index is 12.4. The molecule has 1 heterocycles. The number of carbonyl (C=O) groups excluding carboxylic acids is 1. The molecule has 2 aromatic rings. The Morgan fingerprint density at radius 3 is 2.81 bits per heavy atom. The highest BCUT2D eigenvalue weighted by atomic mass is 16.3. The molecule has 0 spiro atoms. The number of nitrogens with zero attached hydrogens (tertiary/aromatic N) is 1. The van der Waals surface area contributed by atoms with Gasteiger partial charge in [-0.3, -0.25) is 9.78 Å². The van der Waals surface area contributed by atoms with Gasteiger partial charge in [0.25, 0.3) is 5.91 Å². The van der Waals surface area contributed by atoms with Crippen LogP contribution in [0.5, 0.6) is 0 Å². The number of hydrogen-bond donors (Lipinski definition) is 2. The molecule has 0 aliphatic heterocycles. The quantitative estimate of drug-likeness (QED) is 0.888. The van der Waals surface area contributed by atoms with Gasteiger partial charge in [-0.2, -0.15) is 0 Å². The molecule has 0 bridgehead atoms. The molecule has 1 amide bonds. The zero-order chi connectivity index (χ0) is 15.5. The second-order valence-corrected chi connectivity index (χ2v) is 6.28. The molecule has 2 rings (SSSR count). The maximum Gasteiger partial charge on any atom is 0.251 e. The number of aliphatic hydroxyl groups is 1. The van der Waals surface area contributed by atoms with E-state index in [0.717, 1.165) is 10.9 Å². The molecule has 21 heavy (non-hydrogen) atoms. The van der Waals surface area contributed by atoms with E-state index in [2.05, 4.69) is 10.3 Å². The Balaban J connectivity index is 2.13. The highest BCUT2D eigenvalue weighted by Crippen LogP contribution is 2.22. The molecular weight excluding hydrogens is 264 g/mol. The van der Waals surface area contributed by atoms with Crippen molar-refractivity contribution in [1.82, 2.24) is 10.3 Å². The van der Waals surface area contributed by atoms with Crippen molar-refractivity contribution in [1.29, 1.82) is 0 Å². The van der Waals surface area contributed by atoms with E-state index >= 15 is 0 Å². The van der Waals surface area contributed by atoms with Gasteiger partial charge in [0.05, 0.1) is 11.6 Å². The van der Waals surface area contributed by atoms with Crippen LogP contribution in [-0.2, 0) is 0 Å². The van der Waals surface area contributed by atoms with Gasteiger partial charge in [0.1, 0.15) is 0 Å². The molecule has 2 N–H and O–H groups in total. The molecule has 4 heteroatoms. The van der Waals surface area contributed by atoms with E-state index < -0.39 is 0 Å². The van der Waals surface area contributed by atoms with Crippen LogP contribution in [0.15, 0.2) is 36.5 Å². The van der Waals surface area contributed by atoms with E-state index in [1.165, 1.54) is 0 Å². The largest absolute Gasteiger partial charge is 0.393 e. The first kappa shape index (κ1) is 15.4. The molecule has 1 aromatic heterocycles. The summed E-state index contributed by atoms with van der Waals surface area (Å²) in [7, 11) is 0. The Morgan fingerprint density at radius 1 is 1.33 bits per heavy atom. The van der Waals surface area contributed by atoms with Gasteiger partial charge in [-0.15, -0.1) is 0 Å². The number of rotatable bonds is 5. The van der Waals surface area contributed by atoms with E-state index in [0.29, 0.717) is 18.5 Å². The van der Waals surface area contributed by atoms with Gasteiger partial charge >= 0.3 is 0 Å². The average Bonchev–Trinajstić information content (AvgIpc) is 2.43. The Kier molecular flexibility index (Phi) is 4.58. The van der Waals surface area contributed by atoms with Crippen molar-refractivity contribution in [2.75, 3.05) is 6.54 Å². The van der Waals surface area contributed by atoms with Crippen molar-refractivity contribution in [3.63, 3.8) is 0 Å². The summed E-state index contributed by atoms with van der Waals surface area (Å²) < 4.78 is 0. The molecule has 0 saturated heterocycles. The zero-order valence-electron chi connectivity index (χ0n) is 12.8. The number of benzene rings is 1. The summed E-state index contributed by atoms with van der Waals surface area (Å²) in [6.45, 7) is 6.35. The predicted molar refractivity (Wildman–Crippen MR) is 84.2 cm³/mol. The van der Waals surface area contributed by atoms with Crippen LogP contribution < -0.4 is 5.32 Å². The van der Waals surface area contributed by atoms with Crippen molar-refractivity contribution >= 4 is 16.8 Å². The van der Waals surface area contributed by atoms with Gasteiger partial charge in [-0.05, 0) is 37.0 Å². The van der Waals surface area contributed by atoms with Crippen molar-refractivity contribution in [2.45, 2.75) is 33.3 Å². The van der Waals surface area contributed by atoms with Crippen LogP contribution in [0.2, 0.25) is 0 Å². The fourth-order valence-corrected chi connectivity index (χ4v) is 2.59. The number of hydrogen-bond acceptors (Lipinski definition) is 3. The summed E-state index contributed by atoms with van der Waals surface area (Å²) in [5, 5.41) is 13.3. The molecule has 0 aliphatic rings. The minimum Gasteiger partial charge on any atom is -0.393 e. The third-order valence-corrected chi connectivity index (χ3v) is 3.47. The van der Waals surface area contributed by atoms with Crippen molar-refractivity contribution in [2.24, 2.45) is 5.41 Å².